The molecule has 0 aliphatic heterocycles. The van der Waals surface area contributed by atoms with Gasteiger partial charge in [0.1, 0.15) is 6.29 Å². The smallest absolute Gasteiger partial charge is 0.338 e. The minimum Gasteiger partial charge on any atom is -0.465 e. The fraction of sp³-hybridized carbons (Fsp3) is 0.385. The van der Waals surface area contributed by atoms with Crippen LogP contribution in [-0.2, 0) is 10.2 Å². The van der Waals surface area contributed by atoms with Gasteiger partial charge in [0.25, 0.3) is 0 Å². The first-order chi connectivity index (χ1) is 7.40. The number of carbonyl (C=O) groups is 2. The van der Waals surface area contributed by atoms with Gasteiger partial charge in [-0.3, -0.25) is 4.79 Å². The molecule has 0 amide bonds. The monoisotopic (exact) mass is 220 g/mol. The van der Waals surface area contributed by atoms with Crippen LogP contribution in [0.1, 0.15) is 47.1 Å². The van der Waals surface area contributed by atoms with Crippen LogP contribution in [0.15, 0.2) is 18.2 Å². The fourth-order valence-electron chi connectivity index (χ4n) is 1.54. The average molecular weight is 220 g/mol. The molecule has 0 saturated carbocycles. The summed E-state index contributed by atoms with van der Waals surface area (Å²) in [5.41, 5.74) is 1.70. The van der Waals surface area contributed by atoms with E-state index in [0.717, 1.165) is 11.8 Å². The van der Waals surface area contributed by atoms with Crippen molar-refractivity contribution >= 4 is 12.3 Å². The normalized spacial score (nSPS) is 11.0. The summed E-state index contributed by atoms with van der Waals surface area (Å²) in [6.07, 6.45) is 0.774. The van der Waals surface area contributed by atoms with Gasteiger partial charge in [0.15, 0.2) is 0 Å². The third-order valence-corrected chi connectivity index (χ3v) is 2.39. The van der Waals surface area contributed by atoms with Gasteiger partial charge in [-0.05, 0) is 23.1 Å². The molecule has 0 aliphatic rings. The van der Waals surface area contributed by atoms with E-state index in [4.69, 9.17) is 4.74 Å². The lowest BCUT2D eigenvalue weighted by Gasteiger charge is -2.22. The van der Waals surface area contributed by atoms with Gasteiger partial charge in [-0.2, -0.15) is 0 Å². The molecule has 0 aromatic heterocycles. The second kappa shape index (κ2) is 4.47. The maximum absolute atomic E-state index is 11.6. The number of carbonyl (C=O) groups excluding carboxylic acids is 2. The summed E-state index contributed by atoms with van der Waals surface area (Å²) < 4.78 is 4.72. The van der Waals surface area contributed by atoms with Crippen molar-refractivity contribution in [3.63, 3.8) is 0 Å². The van der Waals surface area contributed by atoms with E-state index in [1.165, 1.54) is 7.11 Å². The topological polar surface area (TPSA) is 43.4 Å². The SMILES string of the molecule is COC(=O)c1ccc(C=O)cc1C(C)(C)C. The van der Waals surface area contributed by atoms with Gasteiger partial charge >= 0.3 is 5.97 Å². The number of rotatable bonds is 2. The molecule has 3 heteroatoms. The third-order valence-electron chi connectivity index (χ3n) is 2.39. The summed E-state index contributed by atoms with van der Waals surface area (Å²) in [7, 11) is 1.35. The molecule has 86 valence electrons. The van der Waals surface area contributed by atoms with E-state index in [-0.39, 0.29) is 11.4 Å². The van der Waals surface area contributed by atoms with Crippen LogP contribution in [0.25, 0.3) is 0 Å². The summed E-state index contributed by atoms with van der Waals surface area (Å²) in [6.45, 7) is 5.97. The van der Waals surface area contributed by atoms with Gasteiger partial charge in [-0.25, -0.2) is 4.79 Å². The quantitative estimate of drug-likeness (QED) is 0.568. The summed E-state index contributed by atoms with van der Waals surface area (Å²) in [6, 6.07) is 4.99. The zero-order chi connectivity index (χ0) is 12.3. The van der Waals surface area contributed by atoms with Crippen molar-refractivity contribution in [1.29, 1.82) is 0 Å². The number of ether oxygens (including phenoxy) is 1. The Balaban J connectivity index is 3.39. The zero-order valence-corrected chi connectivity index (χ0v) is 10.0. The number of hydrogen-bond donors (Lipinski definition) is 0. The Hall–Kier alpha value is -1.64. The second-order valence-electron chi connectivity index (χ2n) is 4.66. The zero-order valence-electron chi connectivity index (χ0n) is 10.0. The first-order valence-corrected chi connectivity index (χ1v) is 5.08. The van der Waals surface area contributed by atoms with Crippen molar-refractivity contribution in [2.45, 2.75) is 26.2 Å². The van der Waals surface area contributed by atoms with Crippen LogP contribution in [0.2, 0.25) is 0 Å². The summed E-state index contributed by atoms with van der Waals surface area (Å²) in [4.78, 5) is 22.3. The molecule has 16 heavy (non-hydrogen) atoms. The van der Waals surface area contributed by atoms with E-state index in [9.17, 15) is 9.59 Å². The molecular formula is C13H16O3. The minimum atomic E-state index is -0.373. The van der Waals surface area contributed by atoms with Crippen molar-refractivity contribution in [3.8, 4) is 0 Å². The summed E-state index contributed by atoms with van der Waals surface area (Å²) in [5, 5.41) is 0. The van der Waals surface area contributed by atoms with E-state index in [1.54, 1.807) is 18.2 Å². The van der Waals surface area contributed by atoms with Gasteiger partial charge in [-0.15, -0.1) is 0 Å². The Bertz CT molecular complexity index is 414. The van der Waals surface area contributed by atoms with Gasteiger partial charge in [0, 0.05) is 5.56 Å². The van der Waals surface area contributed by atoms with Crippen molar-refractivity contribution in [2.75, 3.05) is 7.11 Å². The predicted molar refractivity (Wildman–Crippen MR) is 61.9 cm³/mol. The average Bonchev–Trinajstić information content (AvgIpc) is 2.26. The molecule has 0 spiro atoms. The standard InChI is InChI=1S/C13H16O3/c1-13(2,3)11-7-9(8-14)5-6-10(11)12(15)16-4/h5-8H,1-4H3. The first-order valence-electron chi connectivity index (χ1n) is 5.08. The molecule has 1 aromatic rings. The maximum Gasteiger partial charge on any atom is 0.338 e. The highest BCUT2D eigenvalue weighted by molar-refractivity contribution is 5.92. The van der Waals surface area contributed by atoms with Gasteiger partial charge in [0.2, 0.25) is 0 Å². The Morgan fingerprint density at radius 2 is 1.94 bits per heavy atom. The molecule has 3 nitrogen and oxygen atoms in total. The number of esters is 1. The summed E-state index contributed by atoms with van der Waals surface area (Å²) >= 11 is 0. The van der Waals surface area contributed by atoms with Crippen molar-refractivity contribution in [3.05, 3.63) is 34.9 Å². The lowest BCUT2D eigenvalue weighted by atomic mass is 9.83. The van der Waals surface area contributed by atoms with E-state index < -0.39 is 0 Å². The fourth-order valence-corrected chi connectivity index (χ4v) is 1.54. The van der Waals surface area contributed by atoms with Crippen LogP contribution in [0.5, 0.6) is 0 Å². The highest BCUT2D eigenvalue weighted by atomic mass is 16.5. The summed E-state index contributed by atoms with van der Waals surface area (Å²) in [5.74, 6) is -0.373. The molecular weight excluding hydrogens is 204 g/mol. The van der Waals surface area contributed by atoms with Crippen LogP contribution in [0.3, 0.4) is 0 Å². The van der Waals surface area contributed by atoms with Crippen molar-refractivity contribution in [1.82, 2.24) is 0 Å². The van der Waals surface area contributed by atoms with Crippen LogP contribution in [0.4, 0.5) is 0 Å². The van der Waals surface area contributed by atoms with E-state index in [1.807, 2.05) is 20.8 Å². The number of benzene rings is 1. The van der Waals surface area contributed by atoms with Crippen LogP contribution < -0.4 is 0 Å². The minimum absolute atomic E-state index is 0.206. The Morgan fingerprint density at radius 3 is 2.38 bits per heavy atom. The molecule has 1 rings (SSSR count). The Labute approximate surface area is 95.4 Å². The van der Waals surface area contributed by atoms with E-state index in [2.05, 4.69) is 0 Å². The predicted octanol–water partition coefficient (Wildman–Crippen LogP) is 2.58. The number of aldehydes is 1. The van der Waals surface area contributed by atoms with Crippen molar-refractivity contribution in [2.24, 2.45) is 0 Å². The molecule has 0 heterocycles. The molecule has 0 fully saturated rings. The van der Waals surface area contributed by atoms with Crippen LogP contribution in [0, 0.1) is 0 Å². The van der Waals surface area contributed by atoms with E-state index >= 15 is 0 Å². The largest absolute Gasteiger partial charge is 0.465 e. The lowest BCUT2D eigenvalue weighted by Crippen LogP contribution is -2.18. The number of methoxy groups -OCH3 is 1. The molecule has 0 saturated heterocycles. The maximum atomic E-state index is 11.6. The van der Waals surface area contributed by atoms with Crippen molar-refractivity contribution < 1.29 is 14.3 Å². The van der Waals surface area contributed by atoms with Crippen LogP contribution in [-0.4, -0.2) is 19.4 Å². The van der Waals surface area contributed by atoms with Gasteiger partial charge in [-0.1, -0.05) is 26.8 Å². The van der Waals surface area contributed by atoms with Crippen LogP contribution >= 0.6 is 0 Å². The Kier molecular flexibility index (Phi) is 3.48. The molecule has 0 bridgehead atoms. The molecule has 0 radical (unpaired) electrons. The molecule has 0 unspecified atom stereocenters. The Morgan fingerprint density at radius 1 is 1.31 bits per heavy atom. The highest BCUT2D eigenvalue weighted by Gasteiger charge is 2.22. The lowest BCUT2D eigenvalue weighted by molar-refractivity contribution is 0.0597. The molecule has 0 aliphatic carbocycles. The van der Waals surface area contributed by atoms with Gasteiger partial charge in [0.05, 0.1) is 12.7 Å². The highest BCUT2D eigenvalue weighted by Crippen LogP contribution is 2.27. The van der Waals surface area contributed by atoms with Gasteiger partial charge < -0.3 is 4.74 Å². The molecule has 0 atom stereocenters. The number of hydrogen-bond acceptors (Lipinski definition) is 3. The third kappa shape index (κ3) is 2.48. The first kappa shape index (κ1) is 12.4. The molecule has 1 aromatic carbocycles. The van der Waals surface area contributed by atoms with E-state index in [0.29, 0.717) is 11.1 Å². The second-order valence-corrected chi connectivity index (χ2v) is 4.66. The molecule has 0 N–H and O–H groups in total.